The second-order valence-electron chi connectivity index (χ2n) is 7.43. The number of amides is 1. The van der Waals surface area contributed by atoms with Crippen LogP contribution < -0.4 is 10.3 Å². The average molecular weight is 431 g/mol. The van der Waals surface area contributed by atoms with Crippen molar-refractivity contribution in [2.24, 2.45) is 0 Å². The number of benzene rings is 2. The summed E-state index contributed by atoms with van der Waals surface area (Å²) >= 11 is 0. The minimum absolute atomic E-state index is 0.00233. The molecule has 2 aromatic heterocycles. The minimum atomic E-state index is -0.948. The molecule has 0 N–H and O–H groups in total. The van der Waals surface area contributed by atoms with E-state index in [0.717, 1.165) is 17.7 Å². The summed E-state index contributed by atoms with van der Waals surface area (Å²) < 4.78 is 19.6. The maximum Gasteiger partial charge on any atom is 0.296 e. The number of aromatic nitrogens is 1. The Hall–Kier alpha value is -4.40. The predicted octanol–water partition coefficient (Wildman–Crippen LogP) is 4.29. The molecule has 9 heteroatoms. The number of pyridine rings is 1. The van der Waals surface area contributed by atoms with Gasteiger partial charge in [0.2, 0.25) is 5.76 Å². The number of nitro benzene ring substituents is 1. The van der Waals surface area contributed by atoms with Gasteiger partial charge in [-0.2, -0.15) is 0 Å². The number of carbonyl (C=O) groups excluding carboxylic acids is 1. The molecule has 8 nitrogen and oxygen atoms in total. The molecule has 0 aliphatic carbocycles. The lowest BCUT2D eigenvalue weighted by molar-refractivity contribution is -0.384. The van der Waals surface area contributed by atoms with Crippen LogP contribution in [-0.2, 0) is 0 Å². The van der Waals surface area contributed by atoms with Crippen molar-refractivity contribution < 1.29 is 18.5 Å². The van der Waals surface area contributed by atoms with Gasteiger partial charge in [-0.05, 0) is 60.5 Å². The summed E-state index contributed by atoms with van der Waals surface area (Å²) in [5.74, 6) is -1.07. The molecule has 0 saturated carbocycles. The molecular weight excluding hydrogens is 417 g/mol. The SMILES string of the molecule is Cc1ccnc(N2C(=O)c3oc4ccc(F)cc4c(=O)c3C2c2ccc([N+](=O)[O-])cc2)c1. The van der Waals surface area contributed by atoms with E-state index in [1.807, 2.05) is 6.92 Å². The van der Waals surface area contributed by atoms with Crippen LogP contribution in [0.1, 0.15) is 33.3 Å². The molecule has 158 valence electrons. The Kier molecular flexibility index (Phi) is 4.33. The molecule has 32 heavy (non-hydrogen) atoms. The van der Waals surface area contributed by atoms with Gasteiger partial charge < -0.3 is 4.42 Å². The second-order valence-corrected chi connectivity index (χ2v) is 7.43. The lowest BCUT2D eigenvalue weighted by Gasteiger charge is -2.24. The van der Waals surface area contributed by atoms with Crippen LogP contribution in [-0.4, -0.2) is 15.8 Å². The normalized spacial score (nSPS) is 15.2. The van der Waals surface area contributed by atoms with Crippen LogP contribution >= 0.6 is 0 Å². The molecule has 0 saturated heterocycles. The largest absolute Gasteiger partial charge is 0.450 e. The van der Waals surface area contributed by atoms with Crippen LogP contribution in [0.3, 0.4) is 0 Å². The van der Waals surface area contributed by atoms with Crippen LogP contribution in [0.5, 0.6) is 0 Å². The molecule has 1 amide bonds. The van der Waals surface area contributed by atoms with Crippen molar-refractivity contribution in [2.75, 3.05) is 4.90 Å². The molecule has 0 bridgehead atoms. The summed E-state index contributed by atoms with van der Waals surface area (Å²) in [4.78, 5) is 42.9. The third-order valence-electron chi connectivity index (χ3n) is 5.40. The Morgan fingerprint density at radius 3 is 2.53 bits per heavy atom. The molecule has 4 aromatic rings. The average Bonchev–Trinajstić information content (AvgIpc) is 3.07. The van der Waals surface area contributed by atoms with Crippen LogP contribution in [0.15, 0.2) is 70.0 Å². The van der Waals surface area contributed by atoms with E-state index in [4.69, 9.17) is 4.42 Å². The van der Waals surface area contributed by atoms with Crippen molar-refractivity contribution in [1.29, 1.82) is 0 Å². The van der Waals surface area contributed by atoms with E-state index in [1.54, 1.807) is 12.1 Å². The maximum absolute atomic E-state index is 13.8. The highest BCUT2D eigenvalue weighted by Crippen LogP contribution is 2.41. The number of aryl methyl sites for hydroxylation is 1. The molecule has 1 aliphatic rings. The number of hydrogen-bond acceptors (Lipinski definition) is 6. The second kappa shape index (κ2) is 7.09. The van der Waals surface area contributed by atoms with Gasteiger partial charge in [0.1, 0.15) is 17.2 Å². The van der Waals surface area contributed by atoms with Gasteiger partial charge in [-0.3, -0.25) is 24.6 Å². The van der Waals surface area contributed by atoms with Crippen molar-refractivity contribution in [3.05, 3.63) is 109 Å². The Morgan fingerprint density at radius 2 is 1.84 bits per heavy atom. The molecule has 0 fully saturated rings. The fourth-order valence-electron chi connectivity index (χ4n) is 3.93. The topological polar surface area (TPSA) is 107 Å². The highest BCUT2D eigenvalue weighted by Gasteiger charge is 2.44. The van der Waals surface area contributed by atoms with E-state index >= 15 is 0 Å². The number of hydrogen-bond donors (Lipinski definition) is 0. The van der Waals surface area contributed by atoms with Crippen molar-refractivity contribution in [3.63, 3.8) is 0 Å². The summed E-state index contributed by atoms with van der Waals surface area (Å²) in [5.41, 5.74) is 0.732. The fourth-order valence-corrected chi connectivity index (χ4v) is 3.93. The van der Waals surface area contributed by atoms with Gasteiger partial charge in [-0.1, -0.05) is 0 Å². The Bertz CT molecular complexity index is 1480. The number of non-ortho nitro benzene ring substituents is 1. The number of halogens is 1. The highest BCUT2D eigenvalue weighted by atomic mass is 19.1. The van der Waals surface area contributed by atoms with Crippen molar-refractivity contribution in [2.45, 2.75) is 13.0 Å². The summed E-state index contributed by atoms with van der Waals surface area (Å²) in [6.45, 7) is 1.83. The van der Waals surface area contributed by atoms with E-state index in [0.29, 0.717) is 11.4 Å². The number of carbonyl (C=O) groups is 1. The number of rotatable bonds is 3. The molecule has 1 unspecified atom stereocenters. The standard InChI is InChI=1S/C23H14FN3O5/c1-12-8-9-25-18(10-12)26-20(13-2-5-15(6-3-13)27(30)31)19-21(28)16-11-14(24)4-7-17(16)32-22(19)23(26)29/h2-11,20H,1H3. The number of nitrogens with zero attached hydrogens (tertiary/aromatic N) is 3. The first-order chi connectivity index (χ1) is 15.3. The summed E-state index contributed by atoms with van der Waals surface area (Å²) in [5, 5.41) is 11.1. The third-order valence-corrected chi connectivity index (χ3v) is 5.40. The Morgan fingerprint density at radius 1 is 1.09 bits per heavy atom. The minimum Gasteiger partial charge on any atom is -0.450 e. The van der Waals surface area contributed by atoms with E-state index in [-0.39, 0.29) is 28.0 Å². The molecule has 2 aromatic carbocycles. The van der Waals surface area contributed by atoms with E-state index < -0.39 is 28.1 Å². The molecular formula is C23H14FN3O5. The van der Waals surface area contributed by atoms with Crippen LogP contribution in [0.4, 0.5) is 15.9 Å². The summed E-state index contributed by atoms with van der Waals surface area (Å²) in [7, 11) is 0. The van der Waals surface area contributed by atoms with Crippen molar-refractivity contribution >= 4 is 28.4 Å². The number of anilines is 1. The first kappa shape index (κ1) is 19.6. The fraction of sp³-hybridized carbons (Fsp3) is 0.0870. The van der Waals surface area contributed by atoms with Gasteiger partial charge in [0.15, 0.2) is 5.43 Å². The number of fused-ring (bicyclic) bond motifs is 2. The van der Waals surface area contributed by atoms with Gasteiger partial charge >= 0.3 is 0 Å². The molecule has 5 rings (SSSR count). The predicted molar refractivity (Wildman–Crippen MR) is 113 cm³/mol. The maximum atomic E-state index is 13.8. The monoisotopic (exact) mass is 431 g/mol. The smallest absolute Gasteiger partial charge is 0.296 e. The zero-order valence-electron chi connectivity index (χ0n) is 16.6. The molecule has 0 spiro atoms. The first-order valence-electron chi connectivity index (χ1n) is 9.62. The molecule has 1 aliphatic heterocycles. The van der Waals surface area contributed by atoms with E-state index in [2.05, 4.69) is 4.98 Å². The van der Waals surface area contributed by atoms with Crippen molar-refractivity contribution in [1.82, 2.24) is 4.98 Å². The molecule has 0 radical (unpaired) electrons. The quantitative estimate of drug-likeness (QED) is 0.354. The molecule has 3 heterocycles. The Balaban J connectivity index is 1.80. The third kappa shape index (κ3) is 2.94. The lowest BCUT2D eigenvalue weighted by atomic mass is 9.98. The van der Waals surface area contributed by atoms with Gasteiger partial charge in [-0.25, -0.2) is 9.37 Å². The zero-order chi connectivity index (χ0) is 22.6. The van der Waals surface area contributed by atoms with Crippen LogP contribution in [0.25, 0.3) is 11.0 Å². The lowest BCUT2D eigenvalue weighted by Crippen LogP contribution is -2.30. The van der Waals surface area contributed by atoms with Crippen LogP contribution in [0, 0.1) is 22.9 Å². The van der Waals surface area contributed by atoms with Gasteiger partial charge in [-0.15, -0.1) is 0 Å². The first-order valence-corrected chi connectivity index (χ1v) is 9.62. The molecule has 1 atom stereocenters. The zero-order valence-corrected chi connectivity index (χ0v) is 16.6. The van der Waals surface area contributed by atoms with Gasteiger partial charge in [0, 0.05) is 18.3 Å². The Labute approximate surface area is 179 Å². The van der Waals surface area contributed by atoms with Crippen molar-refractivity contribution in [3.8, 4) is 0 Å². The van der Waals surface area contributed by atoms with Crippen LogP contribution in [0.2, 0.25) is 0 Å². The summed E-state index contributed by atoms with van der Waals surface area (Å²) in [6.07, 6.45) is 1.54. The highest BCUT2D eigenvalue weighted by molar-refractivity contribution is 6.10. The van der Waals surface area contributed by atoms with E-state index in [9.17, 15) is 24.1 Å². The van der Waals surface area contributed by atoms with Gasteiger partial charge in [0.25, 0.3) is 11.6 Å². The van der Waals surface area contributed by atoms with E-state index in [1.165, 1.54) is 41.4 Å². The van der Waals surface area contributed by atoms with Gasteiger partial charge in [0.05, 0.1) is 21.9 Å². The summed E-state index contributed by atoms with van der Waals surface area (Å²) in [6, 6.07) is 11.5. The number of nitro groups is 1.